The number of H-pyrrole nitrogens is 1. The van der Waals surface area contributed by atoms with Crippen LogP contribution in [0, 0.1) is 0 Å². The van der Waals surface area contributed by atoms with Gasteiger partial charge >= 0.3 is 0 Å². The molecular formula is C6H7NO2. The summed E-state index contributed by atoms with van der Waals surface area (Å²) in [7, 11) is 0. The Hall–Kier alpha value is -1.38. The van der Waals surface area contributed by atoms with E-state index in [4.69, 9.17) is 5.11 Å². The number of nitrogens with one attached hydrogen (secondary N) is 1. The zero-order valence-corrected chi connectivity index (χ0v) is 4.74. The highest BCUT2D eigenvalue weighted by molar-refractivity contribution is 5.12. The normalized spacial score (nSPS) is 8.44. The monoisotopic (exact) mass is 125 g/mol. The molecule has 48 valence electrons. The van der Waals surface area contributed by atoms with E-state index in [1.165, 1.54) is 12.3 Å². The zero-order valence-electron chi connectivity index (χ0n) is 4.74. The minimum atomic E-state index is 0.174. The molecule has 1 heterocycles. The highest BCUT2D eigenvalue weighted by Gasteiger charge is 1.74. The number of hydrogen-bond acceptors (Lipinski definition) is 2. The van der Waals surface area contributed by atoms with E-state index in [2.05, 4.69) is 9.68 Å². The van der Waals surface area contributed by atoms with Crippen LogP contribution in [0.15, 0.2) is 35.2 Å². The Bertz CT molecular complexity index is 193. The van der Waals surface area contributed by atoms with Gasteiger partial charge in [0.2, 0.25) is 0 Å². The first-order valence-corrected chi connectivity index (χ1v) is 2.53. The predicted octanol–water partition coefficient (Wildman–Crippen LogP) is 1.44. The van der Waals surface area contributed by atoms with E-state index >= 15 is 0 Å². The summed E-state index contributed by atoms with van der Waals surface area (Å²) in [5.41, 5.74) is 0. The Balaban J connectivity index is 3.08. The standard InChI is InChI=1S/C6H7NO2/c8-6-2-1-4-7-9-5-3-6/h1-5,7-8H. The van der Waals surface area contributed by atoms with Gasteiger partial charge in [-0.1, -0.05) is 0 Å². The van der Waals surface area contributed by atoms with Crippen LogP contribution in [0.1, 0.15) is 0 Å². The summed E-state index contributed by atoms with van der Waals surface area (Å²) in [6, 6.07) is 4.63. The molecule has 1 aromatic heterocycles. The van der Waals surface area contributed by atoms with Crippen molar-refractivity contribution >= 4 is 0 Å². The molecule has 0 aliphatic carbocycles. The molecule has 0 atom stereocenters. The summed E-state index contributed by atoms with van der Waals surface area (Å²) in [5.74, 6) is 0.174. The molecule has 0 radical (unpaired) electrons. The van der Waals surface area contributed by atoms with E-state index in [9.17, 15) is 0 Å². The van der Waals surface area contributed by atoms with E-state index < -0.39 is 0 Å². The van der Waals surface area contributed by atoms with Gasteiger partial charge in [0.25, 0.3) is 0 Å². The van der Waals surface area contributed by atoms with E-state index in [1.54, 1.807) is 18.3 Å². The zero-order chi connectivity index (χ0) is 6.53. The number of aromatic nitrogens is 1. The Morgan fingerprint density at radius 2 is 2.33 bits per heavy atom. The van der Waals surface area contributed by atoms with Crippen molar-refractivity contribution in [2.24, 2.45) is 0 Å². The average Bonchev–Trinajstić information content (AvgIpc) is 1.79. The molecule has 0 bridgehead atoms. The topological polar surface area (TPSA) is 49.2 Å². The first-order chi connectivity index (χ1) is 4.39. The maximum Gasteiger partial charge on any atom is 0.122 e. The summed E-state index contributed by atoms with van der Waals surface area (Å²) in [4.78, 5) is 0. The number of rotatable bonds is 0. The second kappa shape index (κ2) is 2.81. The number of hydrogen-bond donors (Lipinski definition) is 2. The van der Waals surface area contributed by atoms with Crippen LogP contribution < -0.4 is 0 Å². The van der Waals surface area contributed by atoms with Crippen molar-refractivity contribution in [1.82, 2.24) is 5.16 Å². The first kappa shape index (κ1) is 5.75. The molecule has 0 spiro atoms. The average molecular weight is 125 g/mol. The van der Waals surface area contributed by atoms with E-state index in [0.717, 1.165) is 0 Å². The minimum absolute atomic E-state index is 0.174. The highest BCUT2D eigenvalue weighted by atomic mass is 16.4. The Kier molecular flexibility index (Phi) is 1.80. The number of aromatic hydroxyl groups is 1. The van der Waals surface area contributed by atoms with Crippen LogP contribution in [0.2, 0.25) is 0 Å². The molecule has 3 nitrogen and oxygen atoms in total. The van der Waals surface area contributed by atoms with E-state index in [1.807, 2.05) is 0 Å². The molecule has 0 saturated carbocycles. The lowest BCUT2D eigenvalue weighted by molar-refractivity contribution is 0.398. The van der Waals surface area contributed by atoms with Crippen molar-refractivity contribution in [3.63, 3.8) is 0 Å². The van der Waals surface area contributed by atoms with Crippen LogP contribution in [-0.2, 0) is 0 Å². The predicted molar refractivity (Wildman–Crippen MR) is 32.4 cm³/mol. The second-order valence-electron chi connectivity index (χ2n) is 1.49. The third-order valence-corrected chi connectivity index (χ3v) is 0.806. The van der Waals surface area contributed by atoms with Crippen LogP contribution in [0.5, 0.6) is 5.75 Å². The summed E-state index contributed by atoms with van der Waals surface area (Å²) in [5, 5.41) is 11.3. The quantitative estimate of drug-likeness (QED) is 0.551. The number of aromatic amines is 1. The van der Waals surface area contributed by atoms with Crippen LogP contribution in [0.3, 0.4) is 0 Å². The molecule has 0 unspecified atom stereocenters. The van der Waals surface area contributed by atoms with Gasteiger partial charge in [-0.05, 0) is 12.1 Å². The van der Waals surface area contributed by atoms with E-state index in [-0.39, 0.29) is 5.75 Å². The molecule has 0 aromatic carbocycles. The van der Waals surface area contributed by atoms with Crippen LogP contribution >= 0.6 is 0 Å². The molecular weight excluding hydrogens is 118 g/mol. The summed E-state index contributed by atoms with van der Waals surface area (Å²) < 4.78 is 4.63. The molecule has 1 rings (SSSR count). The van der Waals surface area contributed by atoms with E-state index in [0.29, 0.717) is 0 Å². The third kappa shape index (κ3) is 1.90. The van der Waals surface area contributed by atoms with Gasteiger partial charge in [0.1, 0.15) is 12.0 Å². The van der Waals surface area contributed by atoms with Gasteiger partial charge in [0, 0.05) is 12.3 Å². The lowest BCUT2D eigenvalue weighted by atomic mass is 10.5. The Labute approximate surface area is 52.2 Å². The Morgan fingerprint density at radius 1 is 1.44 bits per heavy atom. The lowest BCUT2D eigenvalue weighted by Gasteiger charge is -1.81. The van der Waals surface area contributed by atoms with Crippen molar-refractivity contribution in [3.05, 3.63) is 30.7 Å². The maximum absolute atomic E-state index is 8.83. The molecule has 0 fully saturated rings. The molecule has 0 amide bonds. The molecule has 9 heavy (non-hydrogen) atoms. The molecule has 3 heteroatoms. The molecule has 0 aliphatic heterocycles. The maximum atomic E-state index is 8.83. The largest absolute Gasteiger partial charge is 0.508 e. The summed E-state index contributed by atoms with van der Waals surface area (Å²) in [6.45, 7) is 0. The summed E-state index contributed by atoms with van der Waals surface area (Å²) >= 11 is 0. The molecule has 0 saturated heterocycles. The van der Waals surface area contributed by atoms with Crippen LogP contribution in [0.25, 0.3) is 0 Å². The first-order valence-electron chi connectivity index (χ1n) is 2.53. The Morgan fingerprint density at radius 3 is 3.22 bits per heavy atom. The van der Waals surface area contributed by atoms with Crippen LogP contribution in [-0.4, -0.2) is 10.3 Å². The summed E-state index contributed by atoms with van der Waals surface area (Å²) in [6.07, 6.45) is 2.93. The minimum Gasteiger partial charge on any atom is -0.508 e. The SMILES string of the molecule is Oc1ccc[nH]occ1. The van der Waals surface area contributed by atoms with Gasteiger partial charge in [0.15, 0.2) is 0 Å². The van der Waals surface area contributed by atoms with Gasteiger partial charge in [0.05, 0.1) is 0 Å². The van der Waals surface area contributed by atoms with Crippen molar-refractivity contribution in [2.45, 2.75) is 0 Å². The van der Waals surface area contributed by atoms with Gasteiger partial charge < -0.3 is 9.63 Å². The van der Waals surface area contributed by atoms with Crippen molar-refractivity contribution in [1.29, 1.82) is 0 Å². The van der Waals surface area contributed by atoms with Crippen molar-refractivity contribution in [2.75, 3.05) is 0 Å². The molecule has 0 aliphatic rings. The van der Waals surface area contributed by atoms with Crippen molar-refractivity contribution in [3.8, 4) is 5.75 Å². The van der Waals surface area contributed by atoms with Gasteiger partial charge in [-0.15, -0.1) is 0 Å². The fourth-order valence-electron chi connectivity index (χ4n) is 0.424. The van der Waals surface area contributed by atoms with Gasteiger partial charge in [-0.3, -0.25) is 0 Å². The highest BCUT2D eigenvalue weighted by Crippen LogP contribution is 2.00. The smallest absolute Gasteiger partial charge is 0.122 e. The molecule has 2 N–H and O–H groups in total. The second-order valence-corrected chi connectivity index (χ2v) is 1.49. The lowest BCUT2D eigenvalue weighted by Crippen LogP contribution is -1.60. The van der Waals surface area contributed by atoms with Gasteiger partial charge in [-0.2, -0.15) is 0 Å². The third-order valence-electron chi connectivity index (χ3n) is 0.806. The van der Waals surface area contributed by atoms with Gasteiger partial charge in [-0.25, -0.2) is 5.16 Å². The fraction of sp³-hybridized carbons (Fsp3) is 0. The molecule has 1 aromatic rings. The van der Waals surface area contributed by atoms with Crippen LogP contribution in [0.4, 0.5) is 0 Å². The fourth-order valence-corrected chi connectivity index (χ4v) is 0.424. The van der Waals surface area contributed by atoms with Crippen molar-refractivity contribution < 1.29 is 9.63 Å².